The van der Waals surface area contributed by atoms with E-state index in [4.69, 9.17) is 18.9 Å². The van der Waals surface area contributed by atoms with Crippen molar-refractivity contribution < 1.29 is 42.9 Å². The van der Waals surface area contributed by atoms with Gasteiger partial charge in [-0.3, -0.25) is 9.59 Å². The van der Waals surface area contributed by atoms with Gasteiger partial charge in [0.1, 0.15) is 13.2 Å². The molecular weight excluding hydrogens is 1110 g/mol. The van der Waals surface area contributed by atoms with E-state index in [9.17, 15) is 19.5 Å². The van der Waals surface area contributed by atoms with E-state index in [1.54, 1.807) is 0 Å². The summed E-state index contributed by atoms with van der Waals surface area (Å²) in [5.74, 6) is -1.97. The highest BCUT2D eigenvalue weighted by molar-refractivity contribution is 5.71. The van der Waals surface area contributed by atoms with E-state index < -0.39 is 18.4 Å². The second-order valence-electron chi connectivity index (χ2n) is 27.7. The number of carbonyl (C=O) groups is 3. The summed E-state index contributed by atoms with van der Waals surface area (Å²) in [5, 5.41) is 9.76. The standard InChI is InChI=1S/C81H149NO8/c1-6-8-10-12-14-16-18-20-22-24-26-28-30-32-33-34-35-36-37-38-39-40-41-42-43-44-45-46-47-48-50-52-54-56-58-60-62-64-66-68-70-72-79(84)90-77(76-89-81(80(85)86)87-74-73-82(3,4)5)75-88-78(83)71-69-67-65-63-61-59-57-55-53-51-49-31-29-27-25-23-21-19-17-15-13-11-9-7-2/h8,10,14,16,20,22,26,28,32-33,77,81H,6-7,9,11-13,15,17-19,21,23-25,27,29-31,34-76H2,1-5H3/p+1/b10-8-,16-14-,22-20-,28-26-,33-32-. The van der Waals surface area contributed by atoms with Crippen LogP contribution >= 0.6 is 0 Å². The third-order valence-corrected chi connectivity index (χ3v) is 17.5. The van der Waals surface area contributed by atoms with E-state index in [-0.39, 0.29) is 38.2 Å². The number of unbranched alkanes of at least 4 members (excludes halogenated alkanes) is 48. The Morgan fingerprint density at radius 1 is 0.344 bits per heavy atom. The van der Waals surface area contributed by atoms with E-state index in [0.29, 0.717) is 17.4 Å². The molecule has 0 fully saturated rings. The van der Waals surface area contributed by atoms with Crippen LogP contribution in [0.3, 0.4) is 0 Å². The number of aliphatic carboxylic acids is 1. The lowest BCUT2D eigenvalue weighted by Gasteiger charge is -2.25. The smallest absolute Gasteiger partial charge is 0.361 e. The molecule has 0 saturated carbocycles. The molecule has 1 N–H and O–H groups in total. The highest BCUT2D eigenvalue weighted by Crippen LogP contribution is 2.20. The average Bonchev–Trinajstić information content (AvgIpc) is 3.73. The minimum atomic E-state index is -1.51. The lowest BCUT2D eigenvalue weighted by molar-refractivity contribution is -0.870. The zero-order chi connectivity index (χ0) is 65.4. The van der Waals surface area contributed by atoms with Gasteiger partial charge in [0.25, 0.3) is 6.29 Å². The zero-order valence-corrected chi connectivity index (χ0v) is 60.3. The van der Waals surface area contributed by atoms with Gasteiger partial charge in [0.15, 0.2) is 6.10 Å². The molecule has 0 aromatic rings. The Morgan fingerprint density at radius 2 is 0.633 bits per heavy atom. The van der Waals surface area contributed by atoms with Crippen molar-refractivity contribution in [2.45, 2.75) is 392 Å². The van der Waals surface area contributed by atoms with E-state index >= 15 is 0 Å². The van der Waals surface area contributed by atoms with Crippen LogP contribution in [0.25, 0.3) is 0 Å². The molecule has 0 aliphatic carbocycles. The second kappa shape index (κ2) is 71.8. The largest absolute Gasteiger partial charge is 0.477 e. The van der Waals surface area contributed by atoms with Gasteiger partial charge in [-0.15, -0.1) is 0 Å². The maximum Gasteiger partial charge on any atom is 0.361 e. The Hall–Kier alpha value is -3.01. The topological polar surface area (TPSA) is 108 Å². The Labute approximate surface area is 558 Å². The highest BCUT2D eigenvalue weighted by Gasteiger charge is 2.25. The maximum absolute atomic E-state index is 13.0. The fourth-order valence-electron chi connectivity index (χ4n) is 11.6. The van der Waals surface area contributed by atoms with Gasteiger partial charge < -0.3 is 28.5 Å². The van der Waals surface area contributed by atoms with Crippen molar-refractivity contribution in [3.8, 4) is 0 Å². The van der Waals surface area contributed by atoms with Gasteiger partial charge in [0, 0.05) is 12.8 Å². The monoisotopic (exact) mass is 1270 g/mol. The van der Waals surface area contributed by atoms with Gasteiger partial charge in [0.05, 0.1) is 34.4 Å². The van der Waals surface area contributed by atoms with Crippen molar-refractivity contribution >= 4 is 17.9 Å². The molecule has 2 atom stereocenters. The van der Waals surface area contributed by atoms with Crippen molar-refractivity contribution in [3.63, 3.8) is 0 Å². The Morgan fingerprint density at radius 3 is 0.944 bits per heavy atom. The average molecular weight is 1270 g/mol. The molecule has 0 spiro atoms. The van der Waals surface area contributed by atoms with Crippen molar-refractivity contribution in [2.75, 3.05) is 47.5 Å². The Bertz CT molecular complexity index is 1660. The third kappa shape index (κ3) is 72.4. The predicted octanol–water partition coefficient (Wildman–Crippen LogP) is 24.6. The molecule has 0 saturated heterocycles. The number of hydrogen-bond donors (Lipinski definition) is 1. The molecule has 0 aliphatic rings. The summed E-state index contributed by atoms with van der Waals surface area (Å²) in [7, 11) is 6.00. The van der Waals surface area contributed by atoms with E-state index in [1.807, 2.05) is 21.1 Å². The number of carboxylic acids is 1. The molecule has 0 aromatic heterocycles. The number of likely N-dealkylation sites (N-methyl/N-ethyl adjacent to an activating group) is 1. The summed E-state index contributed by atoms with van der Waals surface area (Å²) in [5.41, 5.74) is 0. The Balaban J connectivity index is 3.95. The molecule has 0 amide bonds. The molecule has 9 heteroatoms. The zero-order valence-electron chi connectivity index (χ0n) is 60.3. The lowest BCUT2D eigenvalue weighted by atomic mass is 10.0. The molecule has 0 rings (SSSR count). The number of carboxylic acid groups (broad SMARTS) is 1. The molecule has 0 aliphatic heterocycles. The molecule has 0 bridgehead atoms. The van der Waals surface area contributed by atoms with Crippen molar-refractivity contribution in [3.05, 3.63) is 60.8 Å². The molecule has 0 aromatic carbocycles. The number of rotatable bonds is 73. The first-order chi connectivity index (χ1) is 44.1. The molecule has 0 heterocycles. The summed E-state index contributed by atoms with van der Waals surface area (Å²) in [6, 6.07) is 0. The van der Waals surface area contributed by atoms with Crippen molar-refractivity contribution in [1.82, 2.24) is 0 Å². The minimum absolute atomic E-state index is 0.175. The quantitative estimate of drug-likeness (QED) is 0.0211. The van der Waals surface area contributed by atoms with Crippen LogP contribution in [0.1, 0.15) is 380 Å². The van der Waals surface area contributed by atoms with Gasteiger partial charge in [-0.1, -0.05) is 370 Å². The molecule has 2 unspecified atom stereocenters. The van der Waals surface area contributed by atoms with Crippen molar-refractivity contribution in [1.29, 1.82) is 0 Å². The molecule has 526 valence electrons. The summed E-state index contributed by atoms with van der Waals surface area (Å²) in [6.07, 6.45) is 92.3. The van der Waals surface area contributed by atoms with E-state index in [0.717, 1.165) is 70.6 Å². The summed E-state index contributed by atoms with van der Waals surface area (Å²) in [6.45, 7) is 4.84. The van der Waals surface area contributed by atoms with Crippen LogP contribution in [0.2, 0.25) is 0 Å². The maximum atomic E-state index is 13.0. The number of ether oxygens (including phenoxy) is 4. The van der Waals surface area contributed by atoms with Crippen LogP contribution in [0, 0.1) is 0 Å². The summed E-state index contributed by atoms with van der Waals surface area (Å²) in [4.78, 5) is 37.7. The minimum Gasteiger partial charge on any atom is -0.477 e. The van der Waals surface area contributed by atoms with Gasteiger partial charge in [-0.25, -0.2) is 4.79 Å². The van der Waals surface area contributed by atoms with Gasteiger partial charge >= 0.3 is 17.9 Å². The number of carbonyl (C=O) groups excluding carboxylic acids is 2. The molecule has 0 radical (unpaired) electrons. The van der Waals surface area contributed by atoms with Crippen LogP contribution in [0.4, 0.5) is 0 Å². The number of quaternary nitrogens is 1. The first-order valence-corrected chi connectivity index (χ1v) is 39.0. The molecule has 90 heavy (non-hydrogen) atoms. The molecular formula is C81H150NO8+. The number of nitrogens with zero attached hydrogens (tertiary/aromatic N) is 1. The second-order valence-corrected chi connectivity index (χ2v) is 27.7. The van der Waals surface area contributed by atoms with Crippen molar-refractivity contribution in [2.24, 2.45) is 0 Å². The Kier molecular flexibility index (Phi) is 69.4. The normalized spacial score (nSPS) is 12.9. The third-order valence-electron chi connectivity index (χ3n) is 17.5. The summed E-state index contributed by atoms with van der Waals surface area (Å²) < 4.78 is 23.0. The first kappa shape index (κ1) is 87.0. The SMILES string of the molecule is CC/C=C\C/C=C\C/C=C\C/C=C\C/C=C\CCCCCCCCCCCCCCCCCCCCCCCCCCCC(=O)OC(COC(=O)CCCCCCCCCCCCCCCCCCCCCCCCCC)COC(OCC[N+](C)(C)C)C(=O)O. The van der Waals surface area contributed by atoms with Crippen LogP contribution < -0.4 is 0 Å². The van der Waals surface area contributed by atoms with Crippen LogP contribution in [-0.2, 0) is 33.3 Å². The predicted molar refractivity (Wildman–Crippen MR) is 387 cm³/mol. The number of hydrogen-bond acceptors (Lipinski definition) is 7. The van der Waals surface area contributed by atoms with Crippen LogP contribution in [0.15, 0.2) is 60.8 Å². The summed E-state index contributed by atoms with van der Waals surface area (Å²) >= 11 is 0. The van der Waals surface area contributed by atoms with Gasteiger partial charge in [-0.05, 0) is 57.8 Å². The number of allylic oxidation sites excluding steroid dienone is 10. The van der Waals surface area contributed by atoms with Gasteiger partial charge in [0.2, 0.25) is 0 Å². The molecule has 9 nitrogen and oxygen atoms in total. The fraction of sp³-hybridized carbons (Fsp3) is 0.840. The van der Waals surface area contributed by atoms with Gasteiger partial charge in [-0.2, -0.15) is 0 Å². The van der Waals surface area contributed by atoms with E-state index in [1.165, 1.54) is 283 Å². The van der Waals surface area contributed by atoms with Crippen LogP contribution in [0.5, 0.6) is 0 Å². The van der Waals surface area contributed by atoms with E-state index in [2.05, 4.69) is 74.6 Å². The highest BCUT2D eigenvalue weighted by atomic mass is 16.7. The fourth-order valence-corrected chi connectivity index (χ4v) is 11.6. The first-order valence-electron chi connectivity index (χ1n) is 39.0. The lowest BCUT2D eigenvalue weighted by Crippen LogP contribution is -2.40. The number of esters is 2. The van der Waals surface area contributed by atoms with Crippen LogP contribution in [-0.4, -0.2) is 87.4 Å².